The van der Waals surface area contributed by atoms with Crippen molar-refractivity contribution in [1.29, 1.82) is 5.26 Å². The van der Waals surface area contributed by atoms with Crippen LogP contribution in [-0.4, -0.2) is 28.9 Å². The molecule has 152 valence electrons. The molecule has 1 saturated heterocycles. The lowest BCUT2D eigenvalue weighted by molar-refractivity contribution is 0.0701. The molecule has 4 nitrogen and oxygen atoms in total. The van der Waals surface area contributed by atoms with E-state index in [0.29, 0.717) is 17.0 Å². The number of rotatable bonds is 3. The Kier molecular flexibility index (Phi) is 5.09. The van der Waals surface area contributed by atoms with Crippen molar-refractivity contribution in [2.75, 3.05) is 13.1 Å². The average Bonchev–Trinajstić information content (AvgIpc) is 3.28. The van der Waals surface area contributed by atoms with Crippen molar-refractivity contribution >= 4 is 12.0 Å². The summed E-state index contributed by atoms with van der Waals surface area (Å²) < 4.78 is 0. The number of nitrogens with zero attached hydrogens (tertiary/aromatic N) is 3. The van der Waals surface area contributed by atoms with Gasteiger partial charge in [0.2, 0.25) is 0 Å². The molecule has 0 radical (unpaired) electrons. The highest BCUT2D eigenvalue weighted by atomic mass is 16.2. The van der Waals surface area contributed by atoms with E-state index >= 15 is 0 Å². The number of carbonyl (C=O) groups excluding carboxylic acids is 1. The maximum atomic E-state index is 12.9. The van der Waals surface area contributed by atoms with Gasteiger partial charge in [0.05, 0.1) is 22.9 Å². The number of piperidine rings is 1. The molecule has 5 rings (SSSR count). The predicted octanol–water partition coefficient (Wildman–Crippen LogP) is 5.11. The van der Waals surface area contributed by atoms with Gasteiger partial charge in [0.25, 0.3) is 5.91 Å². The van der Waals surface area contributed by atoms with Gasteiger partial charge in [-0.1, -0.05) is 42.0 Å². The molecule has 4 heteroatoms. The first-order valence-corrected chi connectivity index (χ1v) is 10.8. The number of aromatic nitrogens is 1. The number of fused-ring (bicyclic) bond motifs is 1. The molecule has 0 bridgehead atoms. The van der Waals surface area contributed by atoms with E-state index in [0.717, 1.165) is 43.6 Å². The summed E-state index contributed by atoms with van der Waals surface area (Å²) in [5, 5.41) is 9.30. The van der Waals surface area contributed by atoms with Crippen molar-refractivity contribution in [2.45, 2.75) is 19.3 Å². The van der Waals surface area contributed by atoms with E-state index in [1.807, 2.05) is 35.4 Å². The molecule has 1 aliphatic heterocycles. The number of allylic oxidation sites excluding steroid dienone is 1. The van der Waals surface area contributed by atoms with Crippen molar-refractivity contribution in [2.24, 2.45) is 5.92 Å². The Balaban J connectivity index is 1.27. The third kappa shape index (κ3) is 3.75. The van der Waals surface area contributed by atoms with Crippen LogP contribution in [0.2, 0.25) is 0 Å². The summed E-state index contributed by atoms with van der Waals surface area (Å²) in [6.45, 7) is 1.46. The molecule has 0 unspecified atom stereocenters. The van der Waals surface area contributed by atoms with Crippen LogP contribution in [0.25, 0.3) is 17.3 Å². The monoisotopic (exact) mass is 405 g/mol. The van der Waals surface area contributed by atoms with Crippen molar-refractivity contribution in [3.8, 4) is 17.3 Å². The maximum absolute atomic E-state index is 12.9. The minimum Gasteiger partial charge on any atom is -0.339 e. The van der Waals surface area contributed by atoms with Crippen molar-refractivity contribution in [3.05, 3.63) is 94.7 Å². The number of likely N-dealkylation sites (tertiary alicyclic amines) is 1. The molecule has 0 atom stereocenters. The van der Waals surface area contributed by atoms with Gasteiger partial charge in [-0.2, -0.15) is 5.26 Å². The summed E-state index contributed by atoms with van der Waals surface area (Å²) in [5.74, 6) is 0.472. The lowest BCUT2D eigenvalue weighted by atomic mass is 9.87. The number of hydrogen-bond donors (Lipinski definition) is 0. The highest BCUT2D eigenvalue weighted by Crippen LogP contribution is 2.36. The molecule has 1 aliphatic carbocycles. The number of pyridine rings is 1. The van der Waals surface area contributed by atoms with Gasteiger partial charge in [0.1, 0.15) is 0 Å². The number of amides is 1. The fourth-order valence-corrected chi connectivity index (χ4v) is 4.71. The van der Waals surface area contributed by atoms with E-state index in [1.165, 1.54) is 16.7 Å². The largest absolute Gasteiger partial charge is 0.339 e. The molecule has 2 aliphatic rings. The quantitative estimate of drug-likeness (QED) is 0.608. The molecule has 31 heavy (non-hydrogen) atoms. The number of nitriles is 1. The summed E-state index contributed by atoms with van der Waals surface area (Å²) in [6, 6.07) is 21.8. The molecule has 2 heterocycles. The van der Waals surface area contributed by atoms with E-state index < -0.39 is 0 Å². The third-order valence-corrected chi connectivity index (χ3v) is 6.43. The van der Waals surface area contributed by atoms with Gasteiger partial charge in [-0.3, -0.25) is 9.78 Å². The molecule has 2 aromatic carbocycles. The molecule has 0 N–H and O–H groups in total. The molecule has 1 amide bonds. The van der Waals surface area contributed by atoms with Gasteiger partial charge < -0.3 is 4.90 Å². The number of carbonyl (C=O) groups is 1. The SMILES string of the molecule is N#Cc1ccccc1C(=O)N1CCC(C2=Cc3cc(-c4ccccn4)ccc3C2)CC1. The fourth-order valence-electron chi connectivity index (χ4n) is 4.71. The topological polar surface area (TPSA) is 57.0 Å². The second-order valence-corrected chi connectivity index (χ2v) is 8.25. The van der Waals surface area contributed by atoms with Crippen LogP contribution in [0, 0.1) is 17.2 Å². The average molecular weight is 406 g/mol. The van der Waals surface area contributed by atoms with Crippen LogP contribution in [0.4, 0.5) is 0 Å². The maximum Gasteiger partial charge on any atom is 0.255 e. The Bertz CT molecular complexity index is 1200. The minimum atomic E-state index is -0.0284. The molecule has 0 spiro atoms. The zero-order valence-corrected chi connectivity index (χ0v) is 17.3. The van der Waals surface area contributed by atoms with Crippen molar-refractivity contribution in [3.63, 3.8) is 0 Å². The second-order valence-electron chi connectivity index (χ2n) is 8.25. The van der Waals surface area contributed by atoms with Gasteiger partial charge >= 0.3 is 0 Å². The molecular weight excluding hydrogens is 382 g/mol. The Hall–Kier alpha value is -3.71. The molecule has 3 aromatic rings. The highest BCUT2D eigenvalue weighted by Gasteiger charge is 2.28. The van der Waals surface area contributed by atoms with E-state index in [9.17, 15) is 10.1 Å². The standard InChI is InChI=1S/C27H23N3O/c28-18-22-5-1-2-6-25(22)27(31)30-13-10-19(11-14-30)23-15-20-8-9-21(16-24(20)17-23)26-7-3-4-12-29-26/h1-9,12,16-17,19H,10-11,13-15H2. The van der Waals surface area contributed by atoms with Crippen LogP contribution in [-0.2, 0) is 6.42 Å². The van der Waals surface area contributed by atoms with Gasteiger partial charge in [-0.25, -0.2) is 0 Å². The van der Waals surface area contributed by atoms with Crippen LogP contribution >= 0.6 is 0 Å². The smallest absolute Gasteiger partial charge is 0.255 e. The Morgan fingerprint density at radius 1 is 1.03 bits per heavy atom. The van der Waals surface area contributed by atoms with E-state index in [1.54, 1.807) is 18.2 Å². The summed E-state index contributed by atoms with van der Waals surface area (Å²) in [7, 11) is 0. The van der Waals surface area contributed by atoms with Crippen LogP contribution in [0.3, 0.4) is 0 Å². The normalized spacial score (nSPS) is 15.8. The Labute approximate surface area is 182 Å². The first-order valence-electron chi connectivity index (χ1n) is 10.8. The van der Waals surface area contributed by atoms with E-state index in [-0.39, 0.29) is 5.91 Å². The van der Waals surface area contributed by atoms with Crippen LogP contribution < -0.4 is 0 Å². The lowest BCUT2D eigenvalue weighted by Crippen LogP contribution is -2.39. The van der Waals surface area contributed by atoms with Crippen LogP contribution in [0.15, 0.2) is 72.4 Å². The fraction of sp³-hybridized carbons (Fsp3) is 0.222. The first-order chi connectivity index (χ1) is 15.2. The zero-order chi connectivity index (χ0) is 21.2. The van der Waals surface area contributed by atoms with Crippen LogP contribution in [0.1, 0.15) is 39.9 Å². The molecule has 1 fully saturated rings. The van der Waals surface area contributed by atoms with Gasteiger partial charge in [-0.05, 0) is 66.6 Å². The first kappa shape index (κ1) is 19.3. The second kappa shape index (κ2) is 8.20. The molecule has 1 aromatic heterocycles. The van der Waals surface area contributed by atoms with Gasteiger partial charge in [0, 0.05) is 24.8 Å². The summed E-state index contributed by atoms with van der Waals surface area (Å²) in [6.07, 6.45) is 7.09. The van der Waals surface area contributed by atoms with Gasteiger partial charge in [0.15, 0.2) is 0 Å². The Morgan fingerprint density at radius 2 is 1.84 bits per heavy atom. The lowest BCUT2D eigenvalue weighted by Gasteiger charge is -2.33. The van der Waals surface area contributed by atoms with Crippen molar-refractivity contribution < 1.29 is 4.79 Å². The van der Waals surface area contributed by atoms with Crippen molar-refractivity contribution in [1.82, 2.24) is 9.88 Å². The predicted molar refractivity (Wildman–Crippen MR) is 121 cm³/mol. The summed E-state index contributed by atoms with van der Waals surface area (Å²) in [4.78, 5) is 19.3. The zero-order valence-electron chi connectivity index (χ0n) is 17.3. The summed E-state index contributed by atoms with van der Waals surface area (Å²) in [5.41, 5.74) is 7.24. The summed E-state index contributed by atoms with van der Waals surface area (Å²) >= 11 is 0. The van der Waals surface area contributed by atoms with Crippen LogP contribution in [0.5, 0.6) is 0 Å². The Morgan fingerprint density at radius 3 is 2.61 bits per heavy atom. The number of benzene rings is 2. The molecule has 0 saturated carbocycles. The van der Waals surface area contributed by atoms with E-state index in [4.69, 9.17) is 0 Å². The molecular formula is C27H23N3O. The minimum absolute atomic E-state index is 0.0284. The van der Waals surface area contributed by atoms with E-state index in [2.05, 4.69) is 35.3 Å². The third-order valence-electron chi connectivity index (χ3n) is 6.43. The van der Waals surface area contributed by atoms with Gasteiger partial charge in [-0.15, -0.1) is 0 Å². The highest BCUT2D eigenvalue weighted by molar-refractivity contribution is 5.96. The number of hydrogen-bond acceptors (Lipinski definition) is 3.